The van der Waals surface area contributed by atoms with Gasteiger partial charge in [-0.25, -0.2) is 14.5 Å². The summed E-state index contributed by atoms with van der Waals surface area (Å²) in [5.41, 5.74) is 3.09. The number of nitrogens with zero attached hydrogens (tertiary/aromatic N) is 6. The molecule has 4 aromatic heterocycles. The quantitative estimate of drug-likeness (QED) is 0.390. The van der Waals surface area contributed by atoms with Crippen LogP contribution >= 0.6 is 22.7 Å². The van der Waals surface area contributed by atoms with Gasteiger partial charge in [0, 0.05) is 18.0 Å². The summed E-state index contributed by atoms with van der Waals surface area (Å²) >= 11 is 3.40. The Balaban J connectivity index is 1.45. The van der Waals surface area contributed by atoms with E-state index in [0.29, 0.717) is 5.82 Å². The van der Waals surface area contributed by atoms with Crippen molar-refractivity contribution in [1.29, 1.82) is 0 Å². The molecule has 0 amide bonds. The van der Waals surface area contributed by atoms with Gasteiger partial charge in [0.15, 0.2) is 18.1 Å². The summed E-state index contributed by atoms with van der Waals surface area (Å²) in [5.74, 6) is 0.611. The second-order valence-electron chi connectivity index (χ2n) is 6.64. The number of hydrogen-bond acceptors (Lipinski definition) is 8. The van der Waals surface area contributed by atoms with Crippen molar-refractivity contribution >= 4 is 44.2 Å². The molecule has 7 nitrogen and oxygen atoms in total. The SMILES string of the molecule is C/C(=N\OCc1nc2c3c4c(sc3ncn2n1)CN(C)CC4)c1cccs1. The van der Waals surface area contributed by atoms with E-state index in [1.165, 1.54) is 10.4 Å². The Bertz CT molecular complexity index is 1140. The third-order valence-electron chi connectivity index (χ3n) is 4.69. The largest absolute Gasteiger partial charge is 0.387 e. The van der Waals surface area contributed by atoms with Crippen molar-refractivity contribution < 1.29 is 4.84 Å². The number of rotatable bonds is 4. The number of fused-ring (bicyclic) bond motifs is 5. The zero-order chi connectivity index (χ0) is 18.4. The molecular weight excluding hydrogens is 380 g/mol. The fourth-order valence-electron chi connectivity index (χ4n) is 3.34. The highest BCUT2D eigenvalue weighted by Crippen LogP contribution is 2.35. The summed E-state index contributed by atoms with van der Waals surface area (Å²) in [6, 6.07) is 4.02. The number of likely N-dealkylation sites (N-methyl/N-ethyl adjacent to an activating group) is 1. The van der Waals surface area contributed by atoms with Crippen molar-refractivity contribution in [3.63, 3.8) is 0 Å². The first-order valence-corrected chi connectivity index (χ1v) is 10.4. The van der Waals surface area contributed by atoms with Crippen molar-refractivity contribution in [2.24, 2.45) is 5.16 Å². The van der Waals surface area contributed by atoms with Crippen molar-refractivity contribution in [2.45, 2.75) is 26.5 Å². The highest BCUT2D eigenvalue weighted by Gasteiger charge is 2.22. The highest BCUT2D eigenvalue weighted by atomic mass is 32.1. The maximum absolute atomic E-state index is 5.49. The summed E-state index contributed by atoms with van der Waals surface area (Å²) in [6.07, 6.45) is 2.76. The molecule has 1 aliphatic heterocycles. The Morgan fingerprint density at radius 3 is 3.19 bits per heavy atom. The van der Waals surface area contributed by atoms with Gasteiger partial charge in [-0.3, -0.25) is 0 Å². The van der Waals surface area contributed by atoms with E-state index in [0.717, 1.165) is 46.0 Å². The predicted molar refractivity (Wildman–Crippen MR) is 108 cm³/mol. The molecule has 138 valence electrons. The van der Waals surface area contributed by atoms with Crippen LogP contribution in [0.4, 0.5) is 0 Å². The Kier molecular flexibility index (Phi) is 4.14. The van der Waals surface area contributed by atoms with Crippen LogP contribution in [0.2, 0.25) is 0 Å². The molecule has 1 aliphatic rings. The van der Waals surface area contributed by atoms with Crippen LogP contribution in [-0.2, 0) is 24.4 Å². The van der Waals surface area contributed by atoms with Crippen LogP contribution in [-0.4, -0.2) is 43.8 Å². The van der Waals surface area contributed by atoms with Crippen LogP contribution in [0.15, 0.2) is 29.0 Å². The average molecular weight is 399 g/mol. The molecular formula is C18H18N6OS2. The minimum absolute atomic E-state index is 0.237. The molecule has 0 unspecified atom stereocenters. The summed E-state index contributed by atoms with van der Waals surface area (Å²) in [4.78, 5) is 20.6. The average Bonchev–Trinajstić information content (AvgIpc) is 3.38. The Labute approximate surface area is 163 Å². The zero-order valence-corrected chi connectivity index (χ0v) is 16.7. The monoisotopic (exact) mass is 398 g/mol. The fourth-order valence-corrected chi connectivity index (χ4v) is 5.27. The summed E-state index contributed by atoms with van der Waals surface area (Å²) in [5, 5.41) is 11.9. The molecule has 0 atom stereocenters. The molecule has 0 saturated heterocycles. The number of thiophene rings is 2. The van der Waals surface area contributed by atoms with Gasteiger partial charge in [0.25, 0.3) is 0 Å². The maximum Gasteiger partial charge on any atom is 0.192 e. The minimum atomic E-state index is 0.237. The molecule has 0 aliphatic carbocycles. The fraction of sp³-hybridized carbons (Fsp3) is 0.333. The second kappa shape index (κ2) is 6.66. The van der Waals surface area contributed by atoms with Gasteiger partial charge < -0.3 is 9.74 Å². The van der Waals surface area contributed by atoms with Crippen molar-refractivity contribution in [3.8, 4) is 0 Å². The van der Waals surface area contributed by atoms with Gasteiger partial charge in [-0.1, -0.05) is 11.2 Å². The third-order valence-corrected chi connectivity index (χ3v) is 6.79. The van der Waals surface area contributed by atoms with Gasteiger partial charge in [-0.05, 0) is 37.4 Å². The van der Waals surface area contributed by atoms with Gasteiger partial charge in [-0.15, -0.1) is 27.8 Å². The normalized spacial score (nSPS) is 15.6. The van der Waals surface area contributed by atoms with E-state index in [1.54, 1.807) is 33.5 Å². The van der Waals surface area contributed by atoms with Crippen LogP contribution in [0.5, 0.6) is 0 Å². The molecule has 5 rings (SSSR count). The molecule has 0 spiro atoms. The van der Waals surface area contributed by atoms with Crippen LogP contribution in [0.25, 0.3) is 15.9 Å². The molecule has 5 heterocycles. The predicted octanol–water partition coefficient (Wildman–Crippen LogP) is 3.33. The molecule has 27 heavy (non-hydrogen) atoms. The smallest absolute Gasteiger partial charge is 0.192 e. The van der Waals surface area contributed by atoms with E-state index < -0.39 is 0 Å². The van der Waals surface area contributed by atoms with E-state index in [2.05, 4.69) is 27.2 Å². The van der Waals surface area contributed by atoms with Crippen molar-refractivity contribution in [3.05, 3.63) is 45.0 Å². The lowest BCUT2D eigenvalue weighted by atomic mass is 10.1. The van der Waals surface area contributed by atoms with Crippen molar-refractivity contribution in [2.75, 3.05) is 13.6 Å². The van der Waals surface area contributed by atoms with E-state index in [4.69, 9.17) is 9.82 Å². The molecule has 0 N–H and O–H groups in total. The first-order chi connectivity index (χ1) is 13.2. The van der Waals surface area contributed by atoms with E-state index in [9.17, 15) is 0 Å². The highest BCUT2D eigenvalue weighted by molar-refractivity contribution is 7.19. The minimum Gasteiger partial charge on any atom is -0.387 e. The summed E-state index contributed by atoms with van der Waals surface area (Å²) in [6.45, 7) is 4.20. The lowest BCUT2D eigenvalue weighted by Gasteiger charge is -2.21. The molecule has 0 saturated carbocycles. The Morgan fingerprint density at radius 2 is 2.33 bits per heavy atom. The van der Waals surface area contributed by atoms with Gasteiger partial charge in [0.1, 0.15) is 11.2 Å². The molecule has 0 aromatic carbocycles. The first-order valence-electron chi connectivity index (χ1n) is 8.72. The van der Waals surface area contributed by atoms with Gasteiger partial charge in [0.2, 0.25) is 0 Å². The number of hydrogen-bond donors (Lipinski definition) is 0. The lowest BCUT2D eigenvalue weighted by Crippen LogP contribution is -2.25. The third kappa shape index (κ3) is 3.01. The van der Waals surface area contributed by atoms with Gasteiger partial charge >= 0.3 is 0 Å². The van der Waals surface area contributed by atoms with Crippen LogP contribution in [0.1, 0.15) is 28.1 Å². The molecule has 9 heteroatoms. The molecule has 4 aromatic rings. The number of aromatic nitrogens is 4. The van der Waals surface area contributed by atoms with Gasteiger partial charge in [-0.2, -0.15) is 0 Å². The van der Waals surface area contributed by atoms with Crippen LogP contribution < -0.4 is 0 Å². The summed E-state index contributed by atoms with van der Waals surface area (Å²) < 4.78 is 1.75. The number of oxime groups is 1. The van der Waals surface area contributed by atoms with E-state index in [-0.39, 0.29) is 6.61 Å². The van der Waals surface area contributed by atoms with E-state index in [1.807, 2.05) is 24.4 Å². The molecule has 0 radical (unpaired) electrons. The van der Waals surface area contributed by atoms with Gasteiger partial charge in [0.05, 0.1) is 16.0 Å². The lowest BCUT2D eigenvalue weighted by molar-refractivity contribution is 0.125. The first kappa shape index (κ1) is 16.8. The van der Waals surface area contributed by atoms with Crippen LogP contribution in [0, 0.1) is 0 Å². The van der Waals surface area contributed by atoms with E-state index >= 15 is 0 Å². The maximum atomic E-state index is 5.49. The standard InChI is InChI=1S/C18H18N6OS2/c1-11(13-4-3-7-26-13)22-25-9-15-20-17-16-12-5-6-23(2)8-14(12)27-18(16)19-10-24(17)21-15/h3-4,7,10H,5-6,8-9H2,1-2H3/b22-11+. The Hall–Kier alpha value is -2.36. The zero-order valence-electron chi connectivity index (χ0n) is 15.0. The molecule has 0 fully saturated rings. The Morgan fingerprint density at radius 1 is 1.41 bits per heavy atom. The van der Waals surface area contributed by atoms with Crippen molar-refractivity contribution in [1.82, 2.24) is 24.5 Å². The topological polar surface area (TPSA) is 67.9 Å². The second-order valence-corrected chi connectivity index (χ2v) is 8.67. The molecule has 0 bridgehead atoms. The summed E-state index contributed by atoms with van der Waals surface area (Å²) in [7, 11) is 2.15. The van der Waals surface area contributed by atoms with Crippen LogP contribution in [0.3, 0.4) is 0 Å².